The second-order valence-corrected chi connectivity index (χ2v) is 10.7. The molecule has 1 aromatic heterocycles. The maximum absolute atomic E-state index is 13.4. The molecule has 1 aliphatic rings. The Morgan fingerprint density at radius 1 is 1.15 bits per heavy atom. The average molecular weight is 482 g/mol. The van der Waals surface area contributed by atoms with Crippen molar-refractivity contribution < 1.29 is 27.8 Å². The Hall–Kier alpha value is -2.55. The van der Waals surface area contributed by atoms with Crippen LogP contribution in [-0.4, -0.2) is 32.6 Å². The van der Waals surface area contributed by atoms with Gasteiger partial charge in [-0.2, -0.15) is 18.2 Å². The molecule has 0 bridgehead atoms. The van der Waals surface area contributed by atoms with Crippen LogP contribution in [0.15, 0.2) is 29.3 Å². The topological polar surface area (TPSA) is 68.8 Å². The molecule has 1 aliphatic carbocycles. The SMILES string of the molecule is Cn1c(C(C)(C)C)cc(=NC(=O)c2cc(C(F)(F)F)ccc2OCCC(C)(C)O)n1CC1CC1. The number of aromatic nitrogens is 2. The van der Waals surface area contributed by atoms with E-state index in [1.165, 1.54) is 0 Å². The lowest BCUT2D eigenvalue weighted by atomic mass is 9.92. The molecule has 0 radical (unpaired) electrons. The highest BCUT2D eigenvalue weighted by Crippen LogP contribution is 2.33. The number of nitrogens with zero attached hydrogens (tertiary/aromatic N) is 3. The minimum atomic E-state index is -4.61. The molecule has 0 spiro atoms. The summed E-state index contributed by atoms with van der Waals surface area (Å²) in [7, 11) is 1.90. The molecule has 1 fully saturated rings. The molecule has 2 aromatic rings. The van der Waals surface area contributed by atoms with E-state index in [-0.39, 0.29) is 29.8 Å². The largest absolute Gasteiger partial charge is 0.493 e. The van der Waals surface area contributed by atoms with Crippen LogP contribution in [0.1, 0.15) is 75.5 Å². The zero-order valence-corrected chi connectivity index (χ0v) is 20.7. The third-order valence-corrected chi connectivity index (χ3v) is 5.86. The Morgan fingerprint density at radius 3 is 2.32 bits per heavy atom. The van der Waals surface area contributed by atoms with E-state index in [4.69, 9.17) is 4.74 Å². The van der Waals surface area contributed by atoms with Gasteiger partial charge in [0.2, 0.25) is 0 Å². The van der Waals surface area contributed by atoms with E-state index < -0.39 is 23.2 Å². The van der Waals surface area contributed by atoms with E-state index in [0.717, 1.165) is 36.7 Å². The van der Waals surface area contributed by atoms with E-state index in [1.807, 2.05) is 22.5 Å². The molecular weight excluding hydrogens is 447 g/mol. The van der Waals surface area contributed by atoms with Gasteiger partial charge in [-0.15, -0.1) is 0 Å². The van der Waals surface area contributed by atoms with Crippen LogP contribution in [0.5, 0.6) is 5.75 Å². The molecule has 0 unspecified atom stereocenters. The van der Waals surface area contributed by atoms with Gasteiger partial charge in [0.05, 0.1) is 23.3 Å². The lowest BCUT2D eigenvalue weighted by molar-refractivity contribution is -0.137. The number of carbonyl (C=O) groups excluding carboxylic acids is 1. The maximum Gasteiger partial charge on any atom is 0.416 e. The first kappa shape index (κ1) is 26.1. The molecule has 1 N–H and O–H groups in total. The molecule has 1 saturated carbocycles. The van der Waals surface area contributed by atoms with Gasteiger partial charge in [-0.05, 0) is 50.8 Å². The summed E-state index contributed by atoms with van der Waals surface area (Å²) in [4.78, 5) is 17.5. The zero-order valence-electron chi connectivity index (χ0n) is 20.7. The lowest BCUT2D eigenvalue weighted by Crippen LogP contribution is -2.26. The molecule has 0 saturated heterocycles. The molecule has 188 valence electrons. The number of ether oxygens (including phenoxy) is 1. The van der Waals surface area contributed by atoms with Crippen LogP contribution in [0.3, 0.4) is 0 Å². The van der Waals surface area contributed by atoms with Crippen molar-refractivity contribution in [1.82, 2.24) is 9.36 Å². The molecule has 6 nitrogen and oxygen atoms in total. The number of rotatable bonds is 7. The maximum atomic E-state index is 13.4. The van der Waals surface area contributed by atoms with Crippen LogP contribution in [0.25, 0.3) is 0 Å². The van der Waals surface area contributed by atoms with E-state index >= 15 is 0 Å². The fourth-order valence-corrected chi connectivity index (χ4v) is 3.70. The van der Waals surface area contributed by atoms with Crippen molar-refractivity contribution in [2.24, 2.45) is 18.0 Å². The van der Waals surface area contributed by atoms with Crippen molar-refractivity contribution in [1.29, 1.82) is 0 Å². The number of carbonyl (C=O) groups is 1. The van der Waals surface area contributed by atoms with Crippen molar-refractivity contribution in [3.05, 3.63) is 46.6 Å². The van der Waals surface area contributed by atoms with Gasteiger partial charge in [-0.25, -0.2) is 0 Å². The molecule has 1 aromatic carbocycles. The van der Waals surface area contributed by atoms with Gasteiger partial charge in [0, 0.05) is 37.2 Å². The van der Waals surface area contributed by atoms with Crippen molar-refractivity contribution in [3.63, 3.8) is 0 Å². The van der Waals surface area contributed by atoms with E-state index in [0.29, 0.717) is 18.0 Å². The Morgan fingerprint density at radius 2 is 1.79 bits per heavy atom. The van der Waals surface area contributed by atoms with Gasteiger partial charge in [0.1, 0.15) is 5.75 Å². The van der Waals surface area contributed by atoms with Gasteiger partial charge in [-0.3, -0.25) is 14.2 Å². The zero-order chi connectivity index (χ0) is 25.5. The highest BCUT2D eigenvalue weighted by Gasteiger charge is 2.32. The fourth-order valence-electron chi connectivity index (χ4n) is 3.70. The molecule has 34 heavy (non-hydrogen) atoms. The standard InChI is InChI=1S/C25H34F3N3O3/c1-23(2,3)20-14-21(31(30(20)6)15-16-7-8-16)29-22(32)18-13-17(25(26,27)28)9-10-19(18)34-12-11-24(4,5)33/h9-10,13-14,16,33H,7-8,11-12,15H2,1-6H3. The highest BCUT2D eigenvalue weighted by atomic mass is 19.4. The van der Waals surface area contributed by atoms with Gasteiger partial charge < -0.3 is 9.84 Å². The quantitative estimate of drug-likeness (QED) is 0.616. The van der Waals surface area contributed by atoms with Crippen LogP contribution in [-0.2, 0) is 25.2 Å². The first-order chi connectivity index (χ1) is 15.6. The highest BCUT2D eigenvalue weighted by molar-refractivity contribution is 5.97. The third-order valence-electron chi connectivity index (χ3n) is 5.86. The number of amides is 1. The van der Waals surface area contributed by atoms with Crippen molar-refractivity contribution in [2.75, 3.05) is 6.61 Å². The van der Waals surface area contributed by atoms with Crippen LogP contribution in [0.2, 0.25) is 0 Å². The number of alkyl halides is 3. The summed E-state index contributed by atoms with van der Waals surface area (Å²) in [6.45, 7) is 10.1. The Kier molecular flexibility index (Phi) is 7.09. The number of hydrogen-bond acceptors (Lipinski definition) is 3. The summed E-state index contributed by atoms with van der Waals surface area (Å²) < 4.78 is 49.6. The van der Waals surface area contributed by atoms with Gasteiger partial charge in [-0.1, -0.05) is 20.8 Å². The molecule has 0 aliphatic heterocycles. The van der Waals surface area contributed by atoms with E-state index in [9.17, 15) is 23.1 Å². The molecule has 1 amide bonds. The summed E-state index contributed by atoms with van der Waals surface area (Å²) in [6, 6.07) is 4.62. The average Bonchev–Trinajstić information content (AvgIpc) is 3.45. The van der Waals surface area contributed by atoms with E-state index in [1.54, 1.807) is 13.8 Å². The van der Waals surface area contributed by atoms with Crippen LogP contribution in [0.4, 0.5) is 13.2 Å². The van der Waals surface area contributed by atoms with Crippen molar-refractivity contribution in [2.45, 2.75) is 77.6 Å². The second kappa shape index (κ2) is 9.24. The minimum Gasteiger partial charge on any atom is -0.493 e. The third kappa shape index (κ3) is 6.52. The van der Waals surface area contributed by atoms with Crippen molar-refractivity contribution >= 4 is 5.91 Å². The molecule has 9 heteroatoms. The number of halogens is 3. The predicted molar refractivity (Wildman–Crippen MR) is 123 cm³/mol. The van der Waals surface area contributed by atoms with Crippen LogP contribution in [0, 0.1) is 5.92 Å². The number of benzene rings is 1. The van der Waals surface area contributed by atoms with Gasteiger partial charge in [0.15, 0.2) is 5.49 Å². The monoisotopic (exact) mass is 481 g/mol. The Balaban J connectivity index is 2.05. The molecule has 3 rings (SSSR count). The van der Waals surface area contributed by atoms with Crippen LogP contribution < -0.4 is 10.2 Å². The first-order valence-corrected chi connectivity index (χ1v) is 11.5. The smallest absolute Gasteiger partial charge is 0.416 e. The van der Waals surface area contributed by atoms with E-state index in [2.05, 4.69) is 25.8 Å². The molecule has 0 atom stereocenters. The Bertz CT molecular complexity index is 1110. The summed E-state index contributed by atoms with van der Waals surface area (Å²) in [5, 5.41) is 9.90. The van der Waals surface area contributed by atoms with Crippen molar-refractivity contribution in [3.8, 4) is 5.75 Å². The fraction of sp³-hybridized carbons (Fsp3) is 0.600. The van der Waals surface area contributed by atoms with Crippen LogP contribution >= 0.6 is 0 Å². The van der Waals surface area contributed by atoms with Gasteiger partial charge >= 0.3 is 6.18 Å². The molecular formula is C25H34F3N3O3. The lowest BCUT2D eigenvalue weighted by Gasteiger charge is -2.20. The summed E-state index contributed by atoms with van der Waals surface area (Å²) in [5.74, 6) is -0.295. The summed E-state index contributed by atoms with van der Waals surface area (Å²) >= 11 is 0. The summed E-state index contributed by atoms with van der Waals surface area (Å²) in [6.07, 6.45) is -2.17. The normalized spacial score (nSPS) is 15.6. The number of aliphatic hydroxyl groups is 1. The molecule has 1 heterocycles. The number of hydrogen-bond donors (Lipinski definition) is 1. The first-order valence-electron chi connectivity index (χ1n) is 11.5. The second-order valence-electron chi connectivity index (χ2n) is 10.7. The minimum absolute atomic E-state index is 0.00622. The summed E-state index contributed by atoms with van der Waals surface area (Å²) in [5.41, 5.74) is -1.06. The Labute approximate surface area is 198 Å². The predicted octanol–water partition coefficient (Wildman–Crippen LogP) is 4.83. The van der Waals surface area contributed by atoms with Gasteiger partial charge in [0.25, 0.3) is 5.91 Å².